The summed E-state index contributed by atoms with van der Waals surface area (Å²) in [6.07, 6.45) is -0.206. The smallest absolute Gasteiger partial charge is 0.410 e. The summed E-state index contributed by atoms with van der Waals surface area (Å²) in [6, 6.07) is 0. The number of ether oxygens (including phenoxy) is 1. The summed E-state index contributed by atoms with van der Waals surface area (Å²) in [7, 11) is 0. The van der Waals surface area contributed by atoms with E-state index in [4.69, 9.17) is 4.74 Å². The molecule has 1 fully saturated rings. The summed E-state index contributed by atoms with van der Waals surface area (Å²) >= 11 is 0. The van der Waals surface area contributed by atoms with Gasteiger partial charge in [-0.15, -0.1) is 12.4 Å². The molecule has 0 aliphatic carbocycles. The zero-order valence-corrected chi connectivity index (χ0v) is 17.3. The Hall–Kier alpha value is -0.520. The Morgan fingerprint density at radius 2 is 1.46 bits per heavy atom. The highest BCUT2D eigenvalue weighted by Gasteiger charge is 2.23. The van der Waals surface area contributed by atoms with Gasteiger partial charge in [0, 0.05) is 52.4 Å². The Balaban J connectivity index is 0.00000529. The number of rotatable bonds is 8. The molecule has 1 saturated heterocycles. The van der Waals surface area contributed by atoms with Crippen LogP contribution in [0.1, 0.15) is 41.5 Å². The maximum absolute atomic E-state index is 11.9. The fraction of sp³-hybridized carbons (Fsp3) is 0.944. The molecule has 0 N–H and O–H groups in total. The lowest BCUT2D eigenvalue weighted by atomic mass is 10.1. The summed E-state index contributed by atoms with van der Waals surface area (Å²) in [5, 5.41) is 0. The normalized spacial score (nSPS) is 16.2. The van der Waals surface area contributed by atoms with Gasteiger partial charge in [0.2, 0.25) is 0 Å². The van der Waals surface area contributed by atoms with Crippen LogP contribution in [0.4, 0.5) is 4.79 Å². The van der Waals surface area contributed by atoms with Crippen LogP contribution in [-0.4, -0.2) is 79.3 Å². The highest BCUT2D eigenvalue weighted by Crippen LogP contribution is 2.07. The Morgan fingerprint density at radius 1 is 0.958 bits per heavy atom. The van der Waals surface area contributed by atoms with Gasteiger partial charge in [-0.1, -0.05) is 27.7 Å². The topological polar surface area (TPSA) is 36.0 Å². The Kier molecular flexibility index (Phi) is 11.7. The number of halogens is 1. The monoisotopic (exact) mass is 363 g/mol. The average molecular weight is 364 g/mol. The molecule has 0 aromatic rings. The van der Waals surface area contributed by atoms with E-state index < -0.39 is 0 Å². The quantitative estimate of drug-likeness (QED) is 0.663. The Morgan fingerprint density at radius 3 is 1.88 bits per heavy atom. The van der Waals surface area contributed by atoms with Gasteiger partial charge in [-0.2, -0.15) is 0 Å². The van der Waals surface area contributed by atoms with Crippen LogP contribution in [0.15, 0.2) is 0 Å². The minimum Gasteiger partial charge on any atom is -0.447 e. The number of carbonyl (C=O) groups is 1. The molecule has 0 bridgehead atoms. The van der Waals surface area contributed by atoms with Gasteiger partial charge in [-0.25, -0.2) is 4.79 Å². The first-order valence-electron chi connectivity index (χ1n) is 9.18. The molecular weight excluding hydrogens is 326 g/mol. The van der Waals surface area contributed by atoms with Crippen molar-refractivity contribution in [3.05, 3.63) is 0 Å². The molecule has 0 spiro atoms. The largest absolute Gasteiger partial charge is 0.447 e. The minimum absolute atomic E-state index is 0. The molecule has 0 unspecified atom stereocenters. The van der Waals surface area contributed by atoms with Crippen molar-refractivity contribution < 1.29 is 9.53 Å². The maximum Gasteiger partial charge on any atom is 0.410 e. The fourth-order valence-electron chi connectivity index (χ4n) is 3.00. The lowest BCUT2D eigenvalue weighted by Crippen LogP contribution is -2.51. The van der Waals surface area contributed by atoms with Gasteiger partial charge in [-0.3, -0.25) is 4.90 Å². The van der Waals surface area contributed by atoms with Crippen molar-refractivity contribution in [2.24, 2.45) is 11.8 Å². The summed E-state index contributed by atoms with van der Waals surface area (Å²) in [6.45, 7) is 20.9. The van der Waals surface area contributed by atoms with E-state index in [1.165, 1.54) is 13.1 Å². The number of hydrogen-bond donors (Lipinski definition) is 0. The van der Waals surface area contributed by atoms with Crippen molar-refractivity contribution >= 4 is 18.5 Å². The van der Waals surface area contributed by atoms with Crippen molar-refractivity contribution in [2.75, 3.05) is 52.4 Å². The van der Waals surface area contributed by atoms with E-state index in [2.05, 4.69) is 37.5 Å². The van der Waals surface area contributed by atoms with Crippen LogP contribution < -0.4 is 0 Å². The molecule has 144 valence electrons. The third kappa shape index (κ3) is 9.70. The van der Waals surface area contributed by atoms with Crippen molar-refractivity contribution in [1.29, 1.82) is 0 Å². The van der Waals surface area contributed by atoms with Crippen LogP contribution in [0.5, 0.6) is 0 Å². The Bertz CT molecular complexity index is 333. The van der Waals surface area contributed by atoms with Crippen LogP contribution in [0.3, 0.4) is 0 Å². The van der Waals surface area contributed by atoms with E-state index in [9.17, 15) is 4.79 Å². The molecule has 1 rings (SSSR count). The molecule has 1 amide bonds. The lowest BCUT2D eigenvalue weighted by Gasteiger charge is -2.36. The first-order valence-corrected chi connectivity index (χ1v) is 9.18. The van der Waals surface area contributed by atoms with Gasteiger partial charge in [0.1, 0.15) is 0 Å². The summed E-state index contributed by atoms with van der Waals surface area (Å²) < 4.78 is 5.27. The van der Waals surface area contributed by atoms with Crippen LogP contribution >= 0.6 is 12.4 Å². The second-order valence-corrected chi connectivity index (χ2v) is 7.81. The molecule has 5 nitrogen and oxygen atoms in total. The van der Waals surface area contributed by atoms with Crippen LogP contribution in [-0.2, 0) is 4.74 Å². The van der Waals surface area contributed by atoms with E-state index in [-0.39, 0.29) is 24.6 Å². The number of piperazine rings is 1. The molecule has 1 heterocycles. The second kappa shape index (κ2) is 11.9. The van der Waals surface area contributed by atoms with E-state index in [0.29, 0.717) is 11.8 Å². The molecule has 0 aromatic heterocycles. The van der Waals surface area contributed by atoms with E-state index >= 15 is 0 Å². The molecule has 1 aliphatic rings. The highest BCUT2D eigenvalue weighted by atomic mass is 35.5. The van der Waals surface area contributed by atoms with E-state index in [1.807, 2.05) is 18.7 Å². The Labute approximate surface area is 155 Å². The summed E-state index contributed by atoms with van der Waals surface area (Å²) in [4.78, 5) is 18.8. The zero-order valence-electron chi connectivity index (χ0n) is 16.5. The van der Waals surface area contributed by atoms with Crippen molar-refractivity contribution in [3.63, 3.8) is 0 Å². The summed E-state index contributed by atoms with van der Waals surface area (Å²) in [5.41, 5.74) is 0. The van der Waals surface area contributed by atoms with Crippen molar-refractivity contribution in [1.82, 2.24) is 14.7 Å². The molecule has 1 aliphatic heterocycles. The lowest BCUT2D eigenvalue weighted by molar-refractivity contribution is 0.0546. The van der Waals surface area contributed by atoms with Crippen LogP contribution in [0, 0.1) is 11.8 Å². The van der Waals surface area contributed by atoms with Crippen molar-refractivity contribution in [2.45, 2.75) is 47.6 Å². The van der Waals surface area contributed by atoms with Gasteiger partial charge in [0.15, 0.2) is 0 Å². The van der Waals surface area contributed by atoms with Gasteiger partial charge in [0.05, 0.1) is 6.10 Å². The minimum atomic E-state index is -0.166. The molecule has 0 radical (unpaired) electrons. The van der Waals surface area contributed by atoms with Gasteiger partial charge < -0.3 is 14.5 Å². The first kappa shape index (κ1) is 23.5. The molecule has 0 atom stereocenters. The van der Waals surface area contributed by atoms with E-state index in [1.54, 1.807) is 0 Å². The van der Waals surface area contributed by atoms with Gasteiger partial charge in [0.25, 0.3) is 0 Å². The van der Waals surface area contributed by atoms with Gasteiger partial charge >= 0.3 is 6.09 Å². The molecular formula is C18H38ClN3O2. The standard InChI is InChI=1S/C18H37N3O2.ClH/c1-15(2)13-20(14-16(3)4)8-7-19-9-11-21(12-10-19)18(22)23-17(5)6;/h15-17H,7-14H2,1-6H3;1H. The average Bonchev–Trinajstić information content (AvgIpc) is 2.43. The molecule has 0 aromatic carbocycles. The van der Waals surface area contributed by atoms with Crippen LogP contribution in [0.25, 0.3) is 0 Å². The summed E-state index contributed by atoms with van der Waals surface area (Å²) in [5.74, 6) is 1.41. The van der Waals surface area contributed by atoms with Crippen LogP contribution in [0.2, 0.25) is 0 Å². The maximum atomic E-state index is 11.9. The fourth-order valence-corrected chi connectivity index (χ4v) is 3.00. The molecule has 24 heavy (non-hydrogen) atoms. The van der Waals surface area contributed by atoms with Crippen molar-refractivity contribution in [3.8, 4) is 0 Å². The molecule has 6 heteroatoms. The third-order valence-electron chi connectivity index (χ3n) is 3.95. The van der Waals surface area contributed by atoms with E-state index in [0.717, 1.165) is 39.3 Å². The SMILES string of the molecule is CC(C)CN(CCN1CCN(C(=O)OC(C)C)CC1)CC(C)C.Cl. The highest BCUT2D eigenvalue weighted by molar-refractivity contribution is 5.85. The number of hydrogen-bond acceptors (Lipinski definition) is 4. The predicted molar refractivity (Wildman–Crippen MR) is 103 cm³/mol. The second-order valence-electron chi connectivity index (χ2n) is 7.81. The number of nitrogens with zero attached hydrogens (tertiary/aromatic N) is 3. The number of carbonyl (C=O) groups excluding carboxylic acids is 1. The van der Waals surface area contributed by atoms with Gasteiger partial charge in [-0.05, 0) is 25.7 Å². The first-order chi connectivity index (χ1) is 10.8. The number of amides is 1. The predicted octanol–water partition coefficient (Wildman–Crippen LogP) is 3.18. The molecule has 0 saturated carbocycles. The third-order valence-corrected chi connectivity index (χ3v) is 3.95. The zero-order chi connectivity index (χ0) is 17.4.